The fourth-order valence-electron chi connectivity index (χ4n) is 3.84. The minimum Gasteiger partial charge on any atom is -0.497 e. The Balaban J connectivity index is 1.21. The number of nitrogens with zero attached hydrogens (tertiary/aromatic N) is 2. The van der Waals surface area contributed by atoms with Gasteiger partial charge in [-0.05, 0) is 60.7 Å². The number of furan rings is 1. The number of methoxy groups -OCH3 is 2. The number of amidine groups is 2. The molecule has 0 aliphatic heterocycles. The van der Waals surface area contributed by atoms with Gasteiger partial charge in [0.15, 0.2) is 23.2 Å². The summed E-state index contributed by atoms with van der Waals surface area (Å²) in [6.45, 7) is 0. The smallest absolute Gasteiger partial charge is 0.170 e. The molecule has 4 N–H and O–H groups in total. The third-order valence-corrected chi connectivity index (χ3v) is 6.15. The number of ether oxygens (including phenoxy) is 2. The quantitative estimate of drug-likeness (QED) is 0.124. The Morgan fingerprint density at radius 3 is 1.17 bits per heavy atom. The highest BCUT2D eigenvalue weighted by Crippen LogP contribution is 2.29. The number of benzene rings is 4. The van der Waals surface area contributed by atoms with Crippen molar-refractivity contribution in [3.8, 4) is 45.6 Å². The molecule has 1 heterocycles. The lowest BCUT2D eigenvalue weighted by Gasteiger charge is -2.05. The minimum absolute atomic E-state index is 0.254. The van der Waals surface area contributed by atoms with E-state index in [0.29, 0.717) is 11.5 Å². The maximum Gasteiger partial charge on any atom is 0.170 e. The zero-order valence-corrected chi connectivity index (χ0v) is 22.5. The molecule has 0 amide bonds. The van der Waals surface area contributed by atoms with Gasteiger partial charge in [-0.1, -0.05) is 58.8 Å². The fraction of sp³-hybridized carbons (Fsp3) is 0.0625. The molecule has 1 aromatic heterocycles. The molecule has 0 aliphatic carbocycles. The second kappa shape index (κ2) is 12.4. The topological polar surface area (TPSA) is 127 Å². The van der Waals surface area contributed by atoms with Crippen molar-refractivity contribution >= 4 is 11.7 Å². The highest BCUT2D eigenvalue weighted by atomic mass is 16.6. The Morgan fingerprint density at radius 2 is 0.829 bits per heavy atom. The van der Waals surface area contributed by atoms with Gasteiger partial charge in [0.05, 0.1) is 14.2 Å². The van der Waals surface area contributed by atoms with Gasteiger partial charge in [0, 0.05) is 22.3 Å². The van der Waals surface area contributed by atoms with Gasteiger partial charge in [0.2, 0.25) is 0 Å². The van der Waals surface area contributed by atoms with Crippen molar-refractivity contribution in [3.05, 3.63) is 120 Å². The molecule has 0 unspecified atom stereocenters. The molecule has 206 valence electrons. The van der Waals surface area contributed by atoms with Gasteiger partial charge in [-0.15, -0.1) is 0 Å². The van der Waals surface area contributed by atoms with Gasteiger partial charge in [-0.2, -0.15) is 0 Å². The molecule has 0 spiro atoms. The molecule has 41 heavy (non-hydrogen) atoms. The average Bonchev–Trinajstić information content (AvgIpc) is 3.53. The van der Waals surface area contributed by atoms with Crippen molar-refractivity contribution in [3.63, 3.8) is 0 Å². The Labute approximate surface area is 237 Å². The number of rotatable bonds is 10. The molecule has 0 atom stereocenters. The van der Waals surface area contributed by atoms with E-state index < -0.39 is 0 Å². The number of nitrogens with two attached hydrogens (primary N) is 2. The summed E-state index contributed by atoms with van der Waals surface area (Å²) in [6.07, 6.45) is 0. The zero-order chi connectivity index (χ0) is 28.6. The van der Waals surface area contributed by atoms with E-state index in [0.717, 1.165) is 45.3 Å². The molecule has 0 bridgehead atoms. The summed E-state index contributed by atoms with van der Waals surface area (Å²) in [5.74, 6) is 4.51. The van der Waals surface area contributed by atoms with Gasteiger partial charge in [0.25, 0.3) is 0 Å². The van der Waals surface area contributed by atoms with Crippen LogP contribution in [0.4, 0.5) is 0 Å². The summed E-state index contributed by atoms with van der Waals surface area (Å²) in [5.41, 5.74) is 15.5. The summed E-state index contributed by atoms with van der Waals surface area (Å²) in [4.78, 5) is 10.8. The fourth-order valence-corrected chi connectivity index (χ4v) is 3.84. The van der Waals surface area contributed by atoms with Crippen molar-refractivity contribution in [1.82, 2.24) is 0 Å². The molecule has 9 heteroatoms. The Kier molecular flexibility index (Phi) is 8.16. The van der Waals surface area contributed by atoms with E-state index in [2.05, 4.69) is 10.3 Å². The van der Waals surface area contributed by atoms with Gasteiger partial charge in [-0.3, -0.25) is 0 Å². The van der Waals surface area contributed by atoms with Crippen molar-refractivity contribution in [2.24, 2.45) is 21.8 Å². The number of hydrogen-bond donors (Lipinski definition) is 2. The van der Waals surface area contributed by atoms with Crippen LogP contribution in [0, 0.1) is 0 Å². The lowest BCUT2D eigenvalue weighted by atomic mass is 10.1. The normalized spacial score (nSPS) is 11.7. The molecule has 0 saturated heterocycles. The van der Waals surface area contributed by atoms with Gasteiger partial charge in [0.1, 0.15) is 23.0 Å². The van der Waals surface area contributed by atoms with E-state index in [4.69, 9.17) is 35.0 Å². The zero-order valence-electron chi connectivity index (χ0n) is 22.5. The maximum absolute atomic E-state index is 6.11. The van der Waals surface area contributed by atoms with Crippen LogP contribution < -0.4 is 30.6 Å². The molecule has 0 saturated carbocycles. The van der Waals surface area contributed by atoms with E-state index in [9.17, 15) is 0 Å². The molecule has 9 nitrogen and oxygen atoms in total. The first-order valence-corrected chi connectivity index (χ1v) is 12.6. The SMILES string of the molecule is COc1ccc(O/N=C(\N)c2ccc(-c3ccc(-c4ccc(/C(N)=N/Oc5ccc(OC)cc5)cc4)o3)cc2)cc1. The van der Waals surface area contributed by atoms with Crippen molar-refractivity contribution in [2.75, 3.05) is 14.2 Å². The van der Waals surface area contributed by atoms with Crippen LogP contribution in [0.1, 0.15) is 11.1 Å². The first-order chi connectivity index (χ1) is 20.0. The summed E-state index contributed by atoms with van der Waals surface area (Å²) in [6, 6.07) is 33.1. The van der Waals surface area contributed by atoms with E-state index in [1.807, 2.05) is 60.7 Å². The minimum atomic E-state index is 0.254. The second-order valence-electron chi connectivity index (χ2n) is 8.81. The molecule has 0 fully saturated rings. The van der Waals surface area contributed by atoms with Crippen LogP contribution >= 0.6 is 0 Å². The van der Waals surface area contributed by atoms with Crippen LogP contribution in [-0.4, -0.2) is 25.9 Å². The molecule has 5 rings (SSSR count). The van der Waals surface area contributed by atoms with Crippen molar-refractivity contribution in [1.29, 1.82) is 0 Å². The monoisotopic (exact) mass is 548 g/mol. The van der Waals surface area contributed by atoms with Gasteiger partial charge in [-0.25, -0.2) is 0 Å². The molecule has 0 aliphatic rings. The lowest BCUT2D eigenvalue weighted by Crippen LogP contribution is -2.14. The summed E-state index contributed by atoms with van der Waals surface area (Å²) >= 11 is 0. The number of hydrogen-bond acceptors (Lipinski definition) is 7. The number of oxime groups is 2. The maximum atomic E-state index is 6.11. The molecular formula is C32H28N4O5. The second-order valence-corrected chi connectivity index (χ2v) is 8.81. The van der Waals surface area contributed by atoms with Crippen molar-refractivity contribution < 1.29 is 23.6 Å². The van der Waals surface area contributed by atoms with Crippen LogP contribution in [0.15, 0.2) is 124 Å². The van der Waals surface area contributed by atoms with Crippen LogP contribution in [0.2, 0.25) is 0 Å². The van der Waals surface area contributed by atoms with Crippen LogP contribution in [-0.2, 0) is 0 Å². The van der Waals surface area contributed by atoms with E-state index in [1.54, 1.807) is 62.8 Å². The molecule has 0 radical (unpaired) electrons. The molecule has 5 aromatic rings. The third-order valence-electron chi connectivity index (χ3n) is 6.15. The summed E-state index contributed by atoms with van der Waals surface area (Å²) < 4.78 is 16.4. The summed E-state index contributed by atoms with van der Waals surface area (Å²) in [5, 5.41) is 8.04. The van der Waals surface area contributed by atoms with E-state index in [-0.39, 0.29) is 11.7 Å². The van der Waals surface area contributed by atoms with Gasteiger partial charge >= 0.3 is 0 Å². The Bertz CT molecular complexity index is 1520. The molecule has 4 aromatic carbocycles. The average molecular weight is 549 g/mol. The first-order valence-electron chi connectivity index (χ1n) is 12.6. The van der Waals surface area contributed by atoms with E-state index in [1.165, 1.54) is 0 Å². The van der Waals surface area contributed by atoms with Crippen LogP contribution in [0.5, 0.6) is 23.0 Å². The summed E-state index contributed by atoms with van der Waals surface area (Å²) in [7, 11) is 3.21. The van der Waals surface area contributed by atoms with E-state index >= 15 is 0 Å². The highest BCUT2D eigenvalue weighted by molar-refractivity contribution is 5.98. The van der Waals surface area contributed by atoms with Crippen molar-refractivity contribution in [2.45, 2.75) is 0 Å². The predicted molar refractivity (Wildman–Crippen MR) is 158 cm³/mol. The molecular weight excluding hydrogens is 520 g/mol. The third kappa shape index (κ3) is 6.66. The lowest BCUT2D eigenvalue weighted by molar-refractivity contribution is 0.339. The Hall–Kier alpha value is -5.70. The standard InChI is InChI=1S/C32H28N4O5/c1-37-25-11-15-27(16-12-25)40-35-31(33)23-7-3-21(4-8-23)29-19-20-30(39-29)22-5-9-24(10-6-22)32(34)36-41-28-17-13-26(38-2)14-18-28/h3-20H,1-2H3,(H2,33,35)(H2,34,36). The first kappa shape index (κ1) is 26.9. The Morgan fingerprint density at radius 1 is 0.488 bits per heavy atom. The largest absolute Gasteiger partial charge is 0.497 e. The highest BCUT2D eigenvalue weighted by Gasteiger charge is 2.09. The van der Waals surface area contributed by atoms with Crippen LogP contribution in [0.3, 0.4) is 0 Å². The van der Waals surface area contributed by atoms with Gasteiger partial charge < -0.3 is 35.0 Å². The van der Waals surface area contributed by atoms with Crippen LogP contribution in [0.25, 0.3) is 22.6 Å². The predicted octanol–water partition coefficient (Wildman–Crippen LogP) is 6.03.